The number of esters is 1. The van der Waals surface area contributed by atoms with Crippen LogP contribution in [0.5, 0.6) is 0 Å². The van der Waals surface area contributed by atoms with E-state index in [1.807, 2.05) is 0 Å². The zero-order chi connectivity index (χ0) is 16.9. The molecule has 23 heavy (non-hydrogen) atoms. The van der Waals surface area contributed by atoms with Crippen molar-refractivity contribution in [3.8, 4) is 0 Å². The maximum atomic E-state index is 13.6. The number of rotatable bonds is 2. The van der Waals surface area contributed by atoms with Crippen molar-refractivity contribution in [1.29, 1.82) is 0 Å². The van der Waals surface area contributed by atoms with Crippen molar-refractivity contribution < 1.29 is 28.8 Å². The number of hydrogen-bond donors (Lipinski definition) is 1. The summed E-state index contributed by atoms with van der Waals surface area (Å²) in [6.07, 6.45) is 0. The molecule has 2 heterocycles. The van der Waals surface area contributed by atoms with Crippen LogP contribution in [0.25, 0.3) is 0 Å². The van der Waals surface area contributed by atoms with Crippen molar-refractivity contribution in [3.63, 3.8) is 0 Å². The lowest BCUT2D eigenvalue weighted by Gasteiger charge is -2.24. The molecule has 1 aromatic rings. The smallest absolute Gasteiger partial charge is 0.368 e. The molecule has 1 aromatic carbocycles. The van der Waals surface area contributed by atoms with Crippen LogP contribution in [0.15, 0.2) is 24.3 Å². The van der Waals surface area contributed by atoms with Gasteiger partial charge < -0.3 is 10.1 Å². The first-order valence-corrected chi connectivity index (χ1v) is 7.32. The minimum absolute atomic E-state index is 0.349. The topological polar surface area (TPSA) is 80.3 Å². The molecule has 0 aromatic heterocycles. The Morgan fingerprint density at radius 3 is 2.65 bits per heavy atom. The number of imide groups is 1. The zero-order valence-corrected chi connectivity index (χ0v) is 13.1. The van der Waals surface area contributed by atoms with Crippen molar-refractivity contribution in [2.24, 2.45) is 11.8 Å². The molecular formula is C16H18FN2O4+. The standard InChI is InChI=1S/C16H17FN2O4/c1-16(15(22)23-3)11-10(13(20)19(2)14(11)21)12(18-16)8-5-4-6-9(17)7-8/h4-7,10-12,18H,1-3H3/p+1/t10-,11-,12-,16-/m0/s1. The number of halogens is 1. The highest BCUT2D eigenvalue weighted by Crippen LogP contribution is 2.43. The number of benzene rings is 1. The molecule has 0 radical (unpaired) electrons. The van der Waals surface area contributed by atoms with E-state index in [9.17, 15) is 18.8 Å². The number of fused-ring (bicyclic) bond motifs is 1. The maximum absolute atomic E-state index is 13.6. The van der Waals surface area contributed by atoms with Gasteiger partial charge in [0, 0.05) is 19.5 Å². The average Bonchev–Trinajstić information content (AvgIpc) is 2.97. The molecule has 6 nitrogen and oxygen atoms in total. The van der Waals surface area contributed by atoms with Gasteiger partial charge in [0.25, 0.3) is 0 Å². The number of likely N-dealkylation sites (tertiary alicyclic amines) is 1. The molecule has 0 spiro atoms. The van der Waals surface area contributed by atoms with Crippen LogP contribution in [0.4, 0.5) is 4.39 Å². The fourth-order valence-electron chi connectivity index (χ4n) is 3.84. The molecule has 0 unspecified atom stereocenters. The normalized spacial score (nSPS) is 33.0. The number of methoxy groups -OCH3 is 1. The molecule has 2 aliphatic rings. The summed E-state index contributed by atoms with van der Waals surface area (Å²) in [6, 6.07) is 5.37. The lowest BCUT2D eigenvalue weighted by Crippen LogP contribution is -2.97. The number of amides is 2. The number of hydrogen-bond acceptors (Lipinski definition) is 4. The van der Waals surface area contributed by atoms with E-state index in [4.69, 9.17) is 4.74 Å². The van der Waals surface area contributed by atoms with E-state index in [0.29, 0.717) is 5.56 Å². The monoisotopic (exact) mass is 321 g/mol. The molecule has 122 valence electrons. The number of carbonyl (C=O) groups is 3. The molecule has 2 aliphatic heterocycles. The average molecular weight is 321 g/mol. The van der Waals surface area contributed by atoms with Crippen LogP contribution in [-0.2, 0) is 19.1 Å². The van der Waals surface area contributed by atoms with Crippen molar-refractivity contribution >= 4 is 17.8 Å². The molecule has 0 bridgehead atoms. The van der Waals surface area contributed by atoms with Crippen LogP contribution in [-0.4, -0.2) is 42.4 Å². The Morgan fingerprint density at radius 1 is 1.35 bits per heavy atom. The molecule has 2 saturated heterocycles. The molecular weight excluding hydrogens is 303 g/mol. The van der Waals surface area contributed by atoms with Gasteiger partial charge in [0.2, 0.25) is 17.4 Å². The van der Waals surface area contributed by atoms with Crippen molar-refractivity contribution in [1.82, 2.24) is 4.90 Å². The second-order valence-electron chi connectivity index (χ2n) is 6.26. The maximum Gasteiger partial charge on any atom is 0.368 e. The molecule has 3 rings (SSSR count). The molecule has 7 heteroatoms. The highest BCUT2D eigenvalue weighted by Gasteiger charge is 2.70. The summed E-state index contributed by atoms with van der Waals surface area (Å²) in [4.78, 5) is 38.3. The van der Waals surface area contributed by atoms with Crippen LogP contribution >= 0.6 is 0 Å². The van der Waals surface area contributed by atoms with E-state index in [-0.39, 0.29) is 5.91 Å². The second kappa shape index (κ2) is 5.13. The van der Waals surface area contributed by atoms with E-state index in [0.717, 1.165) is 4.90 Å². The van der Waals surface area contributed by atoms with Gasteiger partial charge in [-0.15, -0.1) is 0 Å². The Labute approximate surface area is 132 Å². The third kappa shape index (κ3) is 2.07. The number of quaternary nitrogens is 1. The minimum atomic E-state index is -1.21. The van der Waals surface area contributed by atoms with Gasteiger partial charge in [-0.25, -0.2) is 9.18 Å². The molecule has 0 saturated carbocycles. The zero-order valence-electron chi connectivity index (χ0n) is 13.1. The number of ether oxygens (including phenoxy) is 1. The Balaban J connectivity index is 2.11. The molecule has 0 aliphatic carbocycles. The van der Waals surface area contributed by atoms with E-state index < -0.39 is 41.1 Å². The van der Waals surface area contributed by atoms with Gasteiger partial charge in [0.05, 0.1) is 7.11 Å². The summed E-state index contributed by atoms with van der Waals surface area (Å²) < 4.78 is 18.4. The quantitative estimate of drug-likeness (QED) is 0.594. The molecule has 2 fully saturated rings. The molecule has 2 amide bonds. The Kier molecular flexibility index (Phi) is 3.48. The Morgan fingerprint density at radius 2 is 2.04 bits per heavy atom. The molecule has 2 N–H and O–H groups in total. The van der Waals surface area contributed by atoms with Crippen LogP contribution in [0.2, 0.25) is 0 Å². The summed E-state index contributed by atoms with van der Waals surface area (Å²) in [5, 5.41) is 1.66. The lowest BCUT2D eigenvalue weighted by molar-refractivity contribution is -0.731. The number of carbonyl (C=O) groups excluding carboxylic acids is 3. The van der Waals surface area contributed by atoms with E-state index in [1.165, 1.54) is 26.3 Å². The van der Waals surface area contributed by atoms with Gasteiger partial charge in [-0.05, 0) is 12.1 Å². The van der Waals surface area contributed by atoms with Crippen LogP contribution in [0.1, 0.15) is 18.5 Å². The third-order valence-corrected chi connectivity index (χ3v) is 4.99. The summed E-state index contributed by atoms with van der Waals surface area (Å²) in [6.45, 7) is 1.60. The van der Waals surface area contributed by atoms with Crippen molar-refractivity contribution in [3.05, 3.63) is 35.6 Å². The summed E-state index contributed by atoms with van der Waals surface area (Å²) in [5.74, 6) is -3.27. The van der Waals surface area contributed by atoms with Crippen LogP contribution in [0.3, 0.4) is 0 Å². The SMILES string of the molecule is COC(=O)[C@@]1(C)[NH2+][C@@H](c2cccc(F)c2)[C@H]2C(=O)N(C)C(=O)[C@H]21. The molecule has 4 atom stereocenters. The predicted octanol–water partition coefficient (Wildman–Crippen LogP) is -0.393. The number of nitrogens with zero attached hydrogens (tertiary/aromatic N) is 1. The van der Waals surface area contributed by atoms with E-state index in [1.54, 1.807) is 24.4 Å². The van der Waals surface area contributed by atoms with Crippen LogP contribution in [0, 0.1) is 17.7 Å². The van der Waals surface area contributed by atoms with Gasteiger partial charge in [-0.3, -0.25) is 14.5 Å². The Bertz CT molecular complexity index is 707. The summed E-state index contributed by atoms with van der Waals surface area (Å²) in [7, 11) is 2.65. The minimum Gasteiger partial charge on any atom is -0.464 e. The number of nitrogens with two attached hydrogens (primary N) is 1. The van der Waals surface area contributed by atoms with E-state index in [2.05, 4.69) is 0 Å². The fourth-order valence-corrected chi connectivity index (χ4v) is 3.84. The first-order chi connectivity index (χ1) is 10.8. The first kappa shape index (κ1) is 15.6. The van der Waals surface area contributed by atoms with Gasteiger partial charge in [0.15, 0.2) is 0 Å². The van der Waals surface area contributed by atoms with E-state index >= 15 is 0 Å². The van der Waals surface area contributed by atoms with Gasteiger partial charge in [0.1, 0.15) is 23.7 Å². The lowest BCUT2D eigenvalue weighted by atomic mass is 9.80. The van der Waals surface area contributed by atoms with Gasteiger partial charge in [-0.1, -0.05) is 12.1 Å². The highest BCUT2D eigenvalue weighted by atomic mass is 19.1. The van der Waals surface area contributed by atoms with Crippen molar-refractivity contribution in [2.75, 3.05) is 14.2 Å². The summed E-state index contributed by atoms with van der Waals surface area (Å²) >= 11 is 0. The third-order valence-electron chi connectivity index (χ3n) is 4.99. The second-order valence-corrected chi connectivity index (χ2v) is 6.26. The first-order valence-electron chi connectivity index (χ1n) is 7.32. The highest BCUT2D eigenvalue weighted by molar-refractivity contribution is 6.08. The van der Waals surface area contributed by atoms with Gasteiger partial charge >= 0.3 is 5.97 Å². The largest absolute Gasteiger partial charge is 0.464 e. The fraction of sp³-hybridized carbons (Fsp3) is 0.438. The predicted molar refractivity (Wildman–Crippen MR) is 76.2 cm³/mol. The van der Waals surface area contributed by atoms with Crippen LogP contribution < -0.4 is 5.32 Å². The van der Waals surface area contributed by atoms with Gasteiger partial charge in [-0.2, -0.15) is 0 Å². The summed E-state index contributed by atoms with van der Waals surface area (Å²) in [5.41, 5.74) is -0.641. The Hall–Kier alpha value is -2.28. The van der Waals surface area contributed by atoms with Crippen molar-refractivity contribution in [2.45, 2.75) is 18.5 Å².